The molecule has 0 aromatic heterocycles. The minimum atomic E-state index is -0.139. The predicted octanol–water partition coefficient (Wildman–Crippen LogP) is 5.19. The number of nitrogens with zero attached hydrogens (tertiary/aromatic N) is 1. The van der Waals surface area contributed by atoms with E-state index in [1.807, 2.05) is 18.2 Å². The molecule has 1 fully saturated rings. The van der Waals surface area contributed by atoms with Gasteiger partial charge in [-0.25, -0.2) is 0 Å². The molecular formula is C18H27NO2. The minimum absolute atomic E-state index is 0.0659. The second kappa shape index (κ2) is 7.58. The van der Waals surface area contributed by atoms with Gasteiger partial charge in [0.05, 0.1) is 0 Å². The Morgan fingerprint density at radius 3 is 2.48 bits per heavy atom. The third kappa shape index (κ3) is 4.55. The molecular weight excluding hydrogens is 262 g/mol. The summed E-state index contributed by atoms with van der Waals surface area (Å²) in [6.45, 7) is 2.30. The van der Waals surface area contributed by atoms with E-state index in [0.717, 1.165) is 12.0 Å². The van der Waals surface area contributed by atoms with E-state index in [1.165, 1.54) is 44.9 Å². The zero-order valence-corrected chi connectivity index (χ0v) is 13.1. The van der Waals surface area contributed by atoms with Gasteiger partial charge < -0.3 is 0 Å². The molecule has 0 spiro atoms. The average Bonchev–Trinajstić information content (AvgIpc) is 2.94. The quantitative estimate of drug-likeness (QED) is 0.488. The molecule has 1 aromatic rings. The fourth-order valence-corrected chi connectivity index (χ4v) is 3.95. The number of hydrogen-bond acceptors (Lipinski definition) is 2. The molecule has 0 saturated heterocycles. The Labute approximate surface area is 127 Å². The van der Waals surface area contributed by atoms with Crippen molar-refractivity contribution in [2.24, 2.45) is 5.41 Å². The molecule has 0 N–H and O–H groups in total. The van der Waals surface area contributed by atoms with Crippen LogP contribution in [0.1, 0.15) is 69.8 Å². The molecule has 21 heavy (non-hydrogen) atoms. The molecule has 0 heterocycles. The largest absolute Gasteiger partial charge is 0.265 e. The van der Waals surface area contributed by atoms with E-state index in [0.29, 0.717) is 5.41 Å². The van der Waals surface area contributed by atoms with Gasteiger partial charge in [0.25, 0.3) is 0 Å². The van der Waals surface area contributed by atoms with E-state index >= 15 is 0 Å². The fourth-order valence-electron chi connectivity index (χ4n) is 3.95. The van der Waals surface area contributed by atoms with Crippen LogP contribution < -0.4 is 0 Å². The summed E-state index contributed by atoms with van der Waals surface area (Å²) < 4.78 is 0. The molecule has 3 heteroatoms. The first-order valence-electron chi connectivity index (χ1n) is 8.32. The second-order valence-corrected chi connectivity index (χ2v) is 6.64. The van der Waals surface area contributed by atoms with Crippen LogP contribution in [-0.2, 0) is 0 Å². The smallest absolute Gasteiger partial charge is 0.210 e. The summed E-state index contributed by atoms with van der Waals surface area (Å²) in [5, 5.41) is 11.1. The van der Waals surface area contributed by atoms with Crippen LogP contribution in [0.25, 0.3) is 0 Å². The molecule has 116 valence electrons. The Kier molecular flexibility index (Phi) is 5.77. The molecule has 0 amide bonds. The van der Waals surface area contributed by atoms with Gasteiger partial charge in [-0.15, -0.1) is 0 Å². The van der Waals surface area contributed by atoms with Gasteiger partial charge in [0, 0.05) is 10.8 Å². The third-order valence-electron chi connectivity index (χ3n) is 5.04. The van der Waals surface area contributed by atoms with Gasteiger partial charge in [-0.2, -0.15) is 0 Å². The number of nitro groups is 1. The molecule has 1 unspecified atom stereocenters. The number of benzene rings is 1. The molecule has 1 saturated carbocycles. The SMILES string of the molecule is CCCCC1(CC(C[N+](=O)[O-])c2ccccc2)CCCC1. The van der Waals surface area contributed by atoms with Crippen molar-refractivity contribution in [3.05, 3.63) is 46.0 Å². The van der Waals surface area contributed by atoms with Gasteiger partial charge in [-0.1, -0.05) is 62.9 Å². The van der Waals surface area contributed by atoms with E-state index in [9.17, 15) is 10.1 Å². The van der Waals surface area contributed by atoms with Gasteiger partial charge in [0.15, 0.2) is 0 Å². The summed E-state index contributed by atoms with van der Waals surface area (Å²) >= 11 is 0. The van der Waals surface area contributed by atoms with Crippen molar-refractivity contribution in [3.63, 3.8) is 0 Å². The first-order valence-corrected chi connectivity index (χ1v) is 8.32. The van der Waals surface area contributed by atoms with Gasteiger partial charge in [0.1, 0.15) is 0 Å². The molecule has 2 rings (SSSR count). The Balaban J connectivity index is 2.14. The summed E-state index contributed by atoms with van der Waals surface area (Å²) in [5.41, 5.74) is 1.49. The Hall–Kier alpha value is -1.38. The van der Waals surface area contributed by atoms with Crippen molar-refractivity contribution in [2.45, 2.75) is 64.2 Å². The zero-order chi connectivity index (χ0) is 15.1. The lowest BCUT2D eigenvalue weighted by Gasteiger charge is -2.32. The van der Waals surface area contributed by atoms with E-state index in [4.69, 9.17) is 0 Å². The van der Waals surface area contributed by atoms with E-state index < -0.39 is 0 Å². The van der Waals surface area contributed by atoms with Crippen molar-refractivity contribution in [2.75, 3.05) is 6.54 Å². The fraction of sp³-hybridized carbons (Fsp3) is 0.667. The highest BCUT2D eigenvalue weighted by molar-refractivity contribution is 5.20. The van der Waals surface area contributed by atoms with Gasteiger partial charge >= 0.3 is 0 Å². The van der Waals surface area contributed by atoms with Gasteiger partial charge in [-0.05, 0) is 36.7 Å². The van der Waals surface area contributed by atoms with E-state index in [-0.39, 0.29) is 17.4 Å². The normalized spacial score (nSPS) is 18.5. The third-order valence-corrected chi connectivity index (χ3v) is 5.04. The lowest BCUT2D eigenvalue weighted by atomic mass is 9.72. The van der Waals surface area contributed by atoms with E-state index in [1.54, 1.807) is 0 Å². The molecule has 3 nitrogen and oxygen atoms in total. The van der Waals surface area contributed by atoms with Crippen LogP contribution in [0.4, 0.5) is 0 Å². The highest BCUT2D eigenvalue weighted by Gasteiger charge is 2.37. The highest BCUT2D eigenvalue weighted by atomic mass is 16.6. The number of unbranched alkanes of at least 4 members (excludes halogenated alkanes) is 1. The van der Waals surface area contributed by atoms with Crippen LogP contribution in [-0.4, -0.2) is 11.5 Å². The number of rotatable bonds is 8. The standard InChI is InChI=1S/C18H27NO2/c1-2-3-11-18(12-7-8-13-18)14-17(15-19(20)21)16-9-5-4-6-10-16/h4-6,9-10,17H,2-3,7-8,11-15H2,1H3. The van der Waals surface area contributed by atoms with Crippen molar-refractivity contribution in [1.82, 2.24) is 0 Å². The molecule has 1 aliphatic carbocycles. The molecule has 1 aliphatic rings. The van der Waals surface area contributed by atoms with Crippen LogP contribution in [0.3, 0.4) is 0 Å². The highest BCUT2D eigenvalue weighted by Crippen LogP contribution is 2.48. The predicted molar refractivity (Wildman–Crippen MR) is 86.1 cm³/mol. The van der Waals surface area contributed by atoms with Crippen molar-refractivity contribution >= 4 is 0 Å². The average molecular weight is 289 g/mol. The summed E-state index contributed by atoms with van der Waals surface area (Å²) in [6.07, 6.45) is 9.80. The zero-order valence-electron chi connectivity index (χ0n) is 13.1. The summed E-state index contributed by atoms with van der Waals surface area (Å²) in [5.74, 6) is 0.0659. The van der Waals surface area contributed by atoms with Gasteiger partial charge in [0.2, 0.25) is 6.54 Å². The summed E-state index contributed by atoms with van der Waals surface area (Å²) in [6, 6.07) is 10.1. The molecule has 1 atom stereocenters. The lowest BCUT2D eigenvalue weighted by molar-refractivity contribution is -0.484. The summed E-state index contributed by atoms with van der Waals surface area (Å²) in [7, 11) is 0. The van der Waals surface area contributed by atoms with Crippen LogP contribution in [0.5, 0.6) is 0 Å². The van der Waals surface area contributed by atoms with Crippen LogP contribution in [0.15, 0.2) is 30.3 Å². The Morgan fingerprint density at radius 1 is 1.24 bits per heavy atom. The minimum Gasteiger partial charge on any atom is -0.265 e. The maximum Gasteiger partial charge on any atom is 0.210 e. The maximum absolute atomic E-state index is 11.1. The second-order valence-electron chi connectivity index (χ2n) is 6.64. The molecule has 0 aliphatic heterocycles. The topological polar surface area (TPSA) is 43.1 Å². The van der Waals surface area contributed by atoms with Crippen molar-refractivity contribution in [3.8, 4) is 0 Å². The number of hydrogen-bond donors (Lipinski definition) is 0. The van der Waals surface area contributed by atoms with E-state index in [2.05, 4.69) is 19.1 Å². The molecule has 0 radical (unpaired) electrons. The van der Waals surface area contributed by atoms with Crippen LogP contribution >= 0.6 is 0 Å². The Morgan fingerprint density at radius 2 is 1.90 bits per heavy atom. The lowest BCUT2D eigenvalue weighted by Crippen LogP contribution is -2.24. The maximum atomic E-state index is 11.1. The van der Waals surface area contributed by atoms with Crippen molar-refractivity contribution < 1.29 is 4.92 Å². The van der Waals surface area contributed by atoms with Crippen LogP contribution in [0, 0.1) is 15.5 Å². The summed E-state index contributed by atoms with van der Waals surface area (Å²) in [4.78, 5) is 10.9. The molecule has 1 aromatic carbocycles. The Bertz CT molecular complexity index is 438. The van der Waals surface area contributed by atoms with Crippen molar-refractivity contribution in [1.29, 1.82) is 0 Å². The first kappa shape index (κ1) is 16.0. The molecule has 0 bridgehead atoms. The van der Waals surface area contributed by atoms with Gasteiger partial charge in [-0.3, -0.25) is 10.1 Å². The monoisotopic (exact) mass is 289 g/mol. The first-order chi connectivity index (χ1) is 10.2. The van der Waals surface area contributed by atoms with Crippen LogP contribution in [0.2, 0.25) is 0 Å².